The molecule has 0 heterocycles. The zero-order valence-corrected chi connectivity index (χ0v) is 22.3. The number of hydrogen-bond donors (Lipinski definition) is 2. The van der Waals surface area contributed by atoms with E-state index in [-0.39, 0.29) is 31.0 Å². The molecule has 3 aromatic carbocycles. The maximum atomic E-state index is 13.9. The van der Waals surface area contributed by atoms with Crippen molar-refractivity contribution in [3.05, 3.63) is 95.1 Å². The summed E-state index contributed by atoms with van der Waals surface area (Å²) in [5.74, 6) is -1.27. The number of hydrogen-bond acceptors (Lipinski definition) is 3. The van der Waals surface area contributed by atoms with E-state index < -0.39 is 24.5 Å². The molecule has 2 aliphatic carbocycles. The number of alkyl halides is 3. The van der Waals surface area contributed by atoms with Crippen molar-refractivity contribution in [2.24, 2.45) is 5.73 Å². The summed E-state index contributed by atoms with van der Waals surface area (Å²) in [6, 6.07) is 22.7. The highest BCUT2D eigenvalue weighted by Gasteiger charge is 2.42. The van der Waals surface area contributed by atoms with E-state index in [0.717, 1.165) is 58.4 Å². The molecule has 1 fully saturated rings. The first-order chi connectivity index (χ1) is 19.3. The molecule has 5 nitrogen and oxygen atoms in total. The number of nitrogens with one attached hydrogen (secondary N) is 1. The van der Waals surface area contributed by atoms with E-state index in [1.165, 1.54) is 0 Å². The third-order valence-corrected chi connectivity index (χ3v) is 8.09. The van der Waals surface area contributed by atoms with Gasteiger partial charge in [-0.05, 0) is 84.5 Å². The monoisotopic (exact) mass is 549 g/mol. The summed E-state index contributed by atoms with van der Waals surface area (Å²) in [5, 5.41) is 3.14. The van der Waals surface area contributed by atoms with Gasteiger partial charge in [0.2, 0.25) is 5.91 Å². The van der Waals surface area contributed by atoms with Crippen molar-refractivity contribution < 1.29 is 22.8 Å². The minimum Gasteiger partial charge on any atom is -0.349 e. The van der Waals surface area contributed by atoms with Gasteiger partial charge in [-0.2, -0.15) is 13.2 Å². The second-order valence-electron chi connectivity index (χ2n) is 10.7. The minimum absolute atomic E-state index is 0.0444. The fraction of sp³-hybridized carbons (Fsp3) is 0.375. The largest absolute Gasteiger partial charge is 0.406 e. The highest BCUT2D eigenvalue weighted by Crippen LogP contribution is 2.50. The molecule has 3 aromatic rings. The average Bonchev–Trinajstić information content (AvgIpc) is 3.30. The molecule has 0 spiro atoms. The van der Waals surface area contributed by atoms with Crippen LogP contribution in [0.4, 0.5) is 13.2 Å². The van der Waals surface area contributed by atoms with E-state index in [4.69, 9.17) is 5.73 Å². The van der Waals surface area contributed by atoms with Crippen LogP contribution in [-0.4, -0.2) is 48.6 Å². The van der Waals surface area contributed by atoms with Gasteiger partial charge in [-0.25, -0.2) is 0 Å². The summed E-state index contributed by atoms with van der Waals surface area (Å²) < 4.78 is 40.6. The van der Waals surface area contributed by atoms with Crippen LogP contribution < -0.4 is 11.1 Å². The van der Waals surface area contributed by atoms with Crippen LogP contribution in [0.1, 0.15) is 71.0 Å². The van der Waals surface area contributed by atoms with E-state index >= 15 is 0 Å². The summed E-state index contributed by atoms with van der Waals surface area (Å²) in [5.41, 5.74) is 10.6. The molecule has 40 heavy (non-hydrogen) atoms. The SMILES string of the molecule is NCCCN(CC(F)(F)F)C(=O)C1c2ccccc2-c2cccc(C3CCC(NC(=O)c4ccccc4)CC3)c21. The maximum Gasteiger partial charge on any atom is 0.406 e. The predicted octanol–water partition coefficient (Wildman–Crippen LogP) is 5.99. The lowest BCUT2D eigenvalue weighted by Crippen LogP contribution is -2.42. The molecule has 210 valence electrons. The van der Waals surface area contributed by atoms with Gasteiger partial charge < -0.3 is 16.0 Å². The number of nitrogens with zero attached hydrogens (tertiary/aromatic N) is 1. The van der Waals surface area contributed by atoms with Crippen molar-refractivity contribution in [3.63, 3.8) is 0 Å². The maximum absolute atomic E-state index is 13.9. The molecule has 1 unspecified atom stereocenters. The molecular weight excluding hydrogens is 515 g/mol. The van der Waals surface area contributed by atoms with Gasteiger partial charge >= 0.3 is 6.18 Å². The second-order valence-corrected chi connectivity index (χ2v) is 10.7. The lowest BCUT2D eigenvalue weighted by atomic mass is 9.77. The zero-order chi connectivity index (χ0) is 28.3. The molecule has 8 heteroatoms. The average molecular weight is 550 g/mol. The Morgan fingerprint density at radius 1 is 0.850 bits per heavy atom. The highest BCUT2D eigenvalue weighted by atomic mass is 19.4. The van der Waals surface area contributed by atoms with Crippen molar-refractivity contribution in [1.29, 1.82) is 0 Å². The zero-order valence-electron chi connectivity index (χ0n) is 22.3. The van der Waals surface area contributed by atoms with Crippen molar-refractivity contribution in [3.8, 4) is 11.1 Å². The fourth-order valence-electron chi connectivity index (χ4n) is 6.26. The van der Waals surface area contributed by atoms with Gasteiger partial charge in [-0.1, -0.05) is 60.7 Å². The van der Waals surface area contributed by atoms with Crippen LogP contribution in [0.5, 0.6) is 0 Å². The first-order valence-electron chi connectivity index (χ1n) is 13.9. The van der Waals surface area contributed by atoms with E-state index in [9.17, 15) is 22.8 Å². The Kier molecular flexibility index (Phi) is 8.26. The van der Waals surface area contributed by atoms with Crippen molar-refractivity contribution in [2.45, 2.75) is 56.2 Å². The van der Waals surface area contributed by atoms with Crippen LogP contribution in [0.15, 0.2) is 72.8 Å². The van der Waals surface area contributed by atoms with Crippen molar-refractivity contribution in [2.75, 3.05) is 19.6 Å². The molecule has 2 amide bonds. The van der Waals surface area contributed by atoms with Crippen LogP contribution in [0.25, 0.3) is 11.1 Å². The Morgan fingerprint density at radius 3 is 2.20 bits per heavy atom. The highest BCUT2D eigenvalue weighted by molar-refractivity contribution is 5.97. The topological polar surface area (TPSA) is 75.4 Å². The van der Waals surface area contributed by atoms with Crippen LogP contribution >= 0.6 is 0 Å². The number of carbonyl (C=O) groups is 2. The molecule has 0 aromatic heterocycles. The Bertz CT molecular complexity index is 1350. The summed E-state index contributed by atoms with van der Waals surface area (Å²) in [4.78, 5) is 27.5. The minimum atomic E-state index is -4.51. The number of rotatable bonds is 8. The van der Waals surface area contributed by atoms with Gasteiger partial charge in [0.15, 0.2) is 0 Å². The van der Waals surface area contributed by atoms with Crippen molar-refractivity contribution >= 4 is 11.8 Å². The first kappa shape index (κ1) is 27.9. The Morgan fingerprint density at radius 2 is 1.50 bits per heavy atom. The molecule has 0 aliphatic heterocycles. The van der Waals surface area contributed by atoms with Crippen LogP contribution in [0.3, 0.4) is 0 Å². The lowest BCUT2D eigenvalue weighted by molar-refractivity contribution is -0.161. The summed E-state index contributed by atoms with van der Waals surface area (Å²) in [6.07, 6.45) is -1.01. The predicted molar refractivity (Wildman–Crippen MR) is 149 cm³/mol. The standard InChI is InChI=1S/C32H34F3N3O2/c33-32(34,35)20-38(19-7-18-36)31(40)29-27-11-5-4-10-25(27)26-13-6-12-24(28(26)29)21-14-16-23(17-15-21)37-30(39)22-8-2-1-3-9-22/h1-6,8-13,21,23,29H,7,14-20,36H2,(H,37,39). The van der Waals surface area contributed by atoms with Crippen molar-refractivity contribution in [1.82, 2.24) is 10.2 Å². The molecule has 0 bridgehead atoms. The Labute approximate surface area is 232 Å². The molecule has 2 aliphatic rings. The van der Waals surface area contributed by atoms with Gasteiger partial charge in [0.25, 0.3) is 5.91 Å². The van der Waals surface area contributed by atoms with Crippen LogP contribution in [0.2, 0.25) is 0 Å². The molecule has 0 radical (unpaired) electrons. The van der Waals surface area contributed by atoms with Gasteiger partial charge in [0, 0.05) is 18.2 Å². The lowest BCUT2D eigenvalue weighted by Gasteiger charge is -2.32. The second kappa shape index (κ2) is 11.8. The van der Waals surface area contributed by atoms with Gasteiger partial charge in [0.05, 0.1) is 5.92 Å². The normalized spacial score (nSPS) is 19.9. The summed E-state index contributed by atoms with van der Waals surface area (Å²) >= 11 is 0. The Balaban J connectivity index is 1.41. The molecular formula is C32H34F3N3O2. The van der Waals surface area contributed by atoms with Gasteiger partial charge in [0.1, 0.15) is 6.54 Å². The molecule has 5 rings (SSSR count). The fourth-order valence-corrected chi connectivity index (χ4v) is 6.26. The third kappa shape index (κ3) is 5.92. The van der Waals surface area contributed by atoms with Gasteiger partial charge in [-0.3, -0.25) is 9.59 Å². The van der Waals surface area contributed by atoms with E-state index in [0.29, 0.717) is 12.0 Å². The number of benzene rings is 3. The molecule has 1 saturated carbocycles. The van der Waals surface area contributed by atoms with E-state index in [1.54, 1.807) is 12.1 Å². The molecule has 3 N–H and O–H groups in total. The van der Waals surface area contributed by atoms with Crippen LogP contribution in [-0.2, 0) is 4.79 Å². The number of fused-ring (bicyclic) bond motifs is 3. The van der Waals surface area contributed by atoms with E-state index in [1.807, 2.05) is 60.7 Å². The third-order valence-electron chi connectivity index (χ3n) is 8.09. The van der Waals surface area contributed by atoms with Crippen LogP contribution in [0, 0.1) is 0 Å². The number of nitrogens with two attached hydrogens (primary N) is 1. The Hall–Kier alpha value is -3.65. The smallest absolute Gasteiger partial charge is 0.349 e. The molecule has 0 saturated heterocycles. The number of carbonyl (C=O) groups excluding carboxylic acids is 2. The number of amides is 2. The van der Waals surface area contributed by atoms with E-state index in [2.05, 4.69) is 5.32 Å². The summed E-state index contributed by atoms with van der Waals surface area (Å²) in [6.45, 7) is -1.14. The number of halogens is 3. The first-order valence-corrected chi connectivity index (χ1v) is 13.9. The summed E-state index contributed by atoms with van der Waals surface area (Å²) in [7, 11) is 0. The quantitative estimate of drug-likeness (QED) is 0.362. The van der Waals surface area contributed by atoms with Gasteiger partial charge in [-0.15, -0.1) is 0 Å². The molecule has 1 atom stereocenters.